The molecule has 1 aromatic heterocycles. The number of halogens is 4. The lowest BCUT2D eigenvalue weighted by Crippen LogP contribution is -2.76. The summed E-state index contributed by atoms with van der Waals surface area (Å²) in [5.41, 5.74) is -4.07. The Hall–Kier alpha value is -3.41. The number of benzene rings is 1. The van der Waals surface area contributed by atoms with E-state index in [1.54, 1.807) is 0 Å². The summed E-state index contributed by atoms with van der Waals surface area (Å²) in [6.07, 6.45) is 0.836. The zero-order chi connectivity index (χ0) is 24.7. The Bertz CT molecular complexity index is 1430. The summed E-state index contributed by atoms with van der Waals surface area (Å²) in [4.78, 5) is 40.1. The summed E-state index contributed by atoms with van der Waals surface area (Å²) < 4.78 is 62.8. The number of alkyl halides is 2. The van der Waals surface area contributed by atoms with Crippen molar-refractivity contribution in [2.75, 3.05) is 0 Å². The molecule has 0 radical (unpaired) electrons. The van der Waals surface area contributed by atoms with Crippen molar-refractivity contribution in [3.63, 3.8) is 0 Å². The molecule has 2 amide bonds. The third-order valence-electron chi connectivity index (χ3n) is 8.28. The highest BCUT2D eigenvalue weighted by Gasteiger charge is 2.97. The maximum absolute atomic E-state index is 14.3. The number of hydrogen-bond acceptors (Lipinski definition) is 5. The summed E-state index contributed by atoms with van der Waals surface area (Å²) in [5, 5.41) is 12.9. The highest BCUT2D eigenvalue weighted by Crippen LogP contribution is 2.85. The quantitative estimate of drug-likeness (QED) is 0.638. The second kappa shape index (κ2) is 6.04. The molecule has 3 aliphatic heterocycles. The van der Waals surface area contributed by atoms with Crippen molar-refractivity contribution in [2.24, 2.45) is 11.8 Å². The molecule has 4 saturated carbocycles. The van der Waals surface area contributed by atoms with Gasteiger partial charge in [-0.25, -0.2) is 17.6 Å². The third-order valence-corrected chi connectivity index (χ3v) is 8.28. The van der Waals surface area contributed by atoms with E-state index in [-0.39, 0.29) is 18.7 Å². The molecule has 4 aliphatic carbocycles. The lowest BCUT2D eigenvalue weighted by atomic mass is 9.64. The Labute approximate surface area is 194 Å². The summed E-state index contributed by atoms with van der Waals surface area (Å²) in [5.74, 6) is -9.24. The molecule has 12 heteroatoms. The Morgan fingerprint density at radius 1 is 1.20 bits per heavy atom. The molecule has 0 spiro atoms. The highest BCUT2D eigenvalue weighted by atomic mass is 19.3. The number of hydrogen-bond donors (Lipinski definition) is 2. The second-order valence-corrected chi connectivity index (χ2v) is 10.0. The van der Waals surface area contributed by atoms with Gasteiger partial charge in [0.1, 0.15) is 17.2 Å². The van der Waals surface area contributed by atoms with Crippen LogP contribution in [0.15, 0.2) is 29.2 Å². The molecular formula is C23H17F4N3O5. The van der Waals surface area contributed by atoms with Crippen LogP contribution in [0.4, 0.5) is 17.6 Å². The molecule has 1 aromatic carbocycles. The standard InChI is InChI=1S/C23H17F4N3O5/c24-10-2-1-9(12(25)3-10)4-28-19(33)11-5-29-6-13-30(20(34)14(29)16(32)15(11)31)21-7-22(8-21,35-13)18-17(21)23(18,26)27/h1-3,5,13,17-18,32H,4,6-8H2,(H,28,33)/t13?,17-,18+,21?,22?/m0/s1. The minimum absolute atomic E-state index is 0.0213. The van der Waals surface area contributed by atoms with E-state index < -0.39 is 81.0 Å². The van der Waals surface area contributed by atoms with Gasteiger partial charge >= 0.3 is 0 Å². The third kappa shape index (κ3) is 2.33. The highest BCUT2D eigenvalue weighted by molar-refractivity contribution is 5.99. The number of fused-ring (bicyclic) bond motifs is 1. The Kier molecular flexibility index (Phi) is 3.61. The van der Waals surface area contributed by atoms with Crippen LogP contribution in [0.3, 0.4) is 0 Å². The average Bonchev–Trinajstić information content (AvgIpc) is 3.12. The lowest BCUT2D eigenvalue weighted by molar-refractivity contribution is -0.306. The summed E-state index contributed by atoms with van der Waals surface area (Å²) in [6, 6.07) is 2.81. The molecule has 8 nitrogen and oxygen atoms in total. The van der Waals surface area contributed by atoms with Gasteiger partial charge in [0.05, 0.1) is 29.5 Å². The Morgan fingerprint density at radius 2 is 1.94 bits per heavy atom. The number of nitrogens with zero attached hydrogens (tertiary/aromatic N) is 2. The molecule has 2 saturated heterocycles. The lowest BCUT2D eigenvalue weighted by Gasteiger charge is -2.65. The van der Waals surface area contributed by atoms with Gasteiger partial charge in [-0.05, 0) is 6.07 Å². The van der Waals surface area contributed by atoms with Crippen molar-refractivity contribution in [3.8, 4) is 5.75 Å². The van der Waals surface area contributed by atoms with Gasteiger partial charge in [0.2, 0.25) is 5.43 Å². The minimum Gasteiger partial charge on any atom is -0.503 e. The van der Waals surface area contributed by atoms with E-state index in [0.717, 1.165) is 18.3 Å². The van der Waals surface area contributed by atoms with E-state index in [4.69, 9.17) is 4.74 Å². The molecule has 2 bridgehead atoms. The van der Waals surface area contributed by atoms with Crippen LogP contribution in [0.5, 0.6) is 5.75 Å². The number of aromatic nitrogens is 1. The van der Waals surface area contributed by atoms with Crippen LogP contribution in [-0.2, 0) is 17.8 Å². The van der Waals surface area contributed by atoms with Gasteiger partial charge in [0.25, 0.3) is 17.7 Å². The van der Waals surface area contributed by atoms with Crippen LogP contribution in [0.2, 0.25) is 0 Å². The number of carbonyl (C=O) groups excluding carboxylic acids is 2. The van der Waals surface area contributed by atoms with E-state index in [2.05, 4.69) is 5.32 Å². The monoisotopic (exact) mass is 491 g/mol. The molecule has 6 fully saturated rings. The van der Waals surface area contributed by atoms with E-state index in [0.29, 0.717) is 18.9 Å². The number of amides is 2. The molecule has 3 atom stereocenters. The van der Waals surface area contributed by atoms with Gasteiger partial charge in [-0.15, -0.1) is 0 Å². The second-order valence-electron chi connectivity index (χ2n) is 10.0. The van der Waals surface area contributed by atoms with Crippen molar-refractivity contribution >= 4 is 11.8 Å². The maximum atomic E-state index is 14.3. The van der Waals surface area contributed by atoms with Gasteiger partial charge in [0.15, 0.2) is 17.7 Å². The molecule has 1 unspecified atom stereocenters. The fourth-order valence-electron chi connectivity index (χ4n) is 7.01. The summed E-state index contributed by atoms with van der Waals surface area (Å²) >= 11 is 0. The fraction of sp³-hybridized carbons (Fsp3) is 0.435. The zero-order valence-electron chi connectivity index (χ0n) is 17.9. The van der Waals surface area contributed by atoms with Crippen molar-refractivity contribution in [1.82, 2.24) is 14.8 Å². The molecule has 4 heterocycles. The topological polar surface area (TPSA) is 101 Å². The van der Waals surface area contributed by atoms with Crippen molar-refractivity contribution in [1.29, 1.82) is 0 Å². The van der Waals surface area contributed by atoms with Gasteiger partial charge in [-0.3, -0.25) is 14.4 Å². The largest absolute Gasteiger partial charge is 0.503 e. The number of pyridine rings is 1. The minimum atomic E-state index is -2.91. The molecule has 35 heavy (non-hydrogen) atoms. The number of ether oxygens (including phenoxy) is 1. The first-order chi connectivity index (χ1) is 16.5. The average molecular weight is 491 g/mol. The van der Waals surface area contributed by atoms with Crippen LogP contribution in [-0.4, -0.2) is 49.7 Å². The van der Waals surface area contributed by atoms with Crippen molar-refractivity contribution < 1.29 is 37.0 Å². The fourth-order valence-corrected chi connectivity index (χ4v) is 7.01. The van der Waals surface area contributed by atoms with Crippen molar-refractivity contribution in [2.45, 2.75) is 49.2 Å². The van der Waals surface area contributed by atoms with Crippen LogP contribution in [0.1, 0.15) is 39.3 Å². The van der Waals surface area contributed by atoms with E-state index in [1.165, 1.54) is 9.47 Å². The van der Waals surface area contributed by atoms with Crippen LogP contribution in [0, 0.1) is 23.5 Å². The number of aromatic hydroxyl groups is 1. The SMILES string of the molecule is O=C(NCc1ccc(F)cc1F)c1cn2c(c(O)c1=O)C(=O)N1C(C2)OC23CC1(C2)[C@@H]1[C@H]3C1(F)F. The molecule has 2 N–H and O–H groups in total. The smallest absolute Gasteiger partial charge is 0.277 e. The predicted molar refractivity (Wildman–Crippen MR) is 108 cm³/mol. The first-order valence-corrected chi connectivity index (χ1v) is 11.1. The normalized spacial score (nSPS) is 34.5. The maximum Gasteiger partial charge on any atom is 0.277 e. The van der Waals surface area contributed by atoms with Gasteiger partial charge in [-0.1, -0.05) is 6.07 Å². The summed E-state index contributed by atoms with van der Waals surface area (Å²) in [6.45, 7) is -0.413. The Balaban J connectivity index is 1.20. The predicted octanol–water partition coefficient (Wildman–Crippen LogP) is 1.74. The number of nitrogens with one attached hydrogen (secondary N) is 1. The first kappa shape index (κ1) is 20.9. The number of carbonyl (C=O) groups is 2. The van der Waals surface area contributed by atoms with E-state index in [1.807, 2.05) is 0 Å². The van der Waals surface area contributed by atoms with Gasteiger partial charge < -0.3 is 24.6 Å². The molecule has 182 valence electrons. The number of rotatable bonds is 3. The van der Waals surface area contributed by atoms with E-state index in [9.17, 15) is 37.1 Å². The molecule has 7 aliphatic rings. The molecule has 2 aromatic rings. The van der Waals surface area contributed by atoms with Crippen LogP contribution in [0.25, 0.3) is 0 Å². The van der Waals surface area contributed by atoms with Gasteiger partial charge in [0, 0.05) is 37.2 Å². The zero-order valence-corrected chi connectivity index (χ0v) is 17.9. The van der Waals surface area contributed by atoms with Gasteiger partial charge in [-0.2, -0.15) is 0 Å². The van der Waals surface area contributed by atoms with Crippen LogP contribution >= 0.6 is 0 Å². The molecular weight excluding hydrogens is 474 g/mol. The van der Waals surface area contributed by atoms with Crippen LogP contribution < -0.4 is 10.7 Å². The Morgan fingerprint density at radius 3 is 2.66 bits per heavy atom. The first-order valence-electron chi connectivity index (χ1n) is 11.1. The summed E-state index contributed by atoms with van der Waals surface area (Å²) in [7, 11) is 0. The van der Waals surface area contributed by atoms with Crippen molar-refractivity contribution in [3.05, 3.63) is 63.1 Å². The van der Waals surface area contributed by atoms with E-state index >= 15 is 0 Å². The molecule has 9 rings (SSSR count).